The van der Waals surface area contributed by atoms with Gasteiger partial charge in [-0.25, -0.2) is 9.97 Å². The van der Waals surface area contributed by atoms with Crippen molar-refractivity contribution in [2.24, 2.45) is 0 Å². The third-order valence-corrected chi connectivity index (χ3v) is 6.53. The molecule has 0 spiro atoms. The minimum absolute atomic E-state index is 0.0588. The van der Waals surface area contributed by atoms with E-state index in [4.69, 9.17) is 4.98 Å². The minimum atomic E-state index is -0.264. The van der Waals surface area contributed by atoms with Crippen LogP contribution in [0.5, 0.6) is 0 Å². The van der Waals surface area contributed by atoms with Gasteiger partial charge in [-0.15, -0.1) is 0 Å². The molecular weight excluding hydrogens is 406 g/mol. The van der Waals surface area contributed by atoms with Gasteiger partial charge in [0.1, 0.15) is 11.5 Å². The molecule has 32 heavy (non-hydrogen) atoms. The standard InChI is InChI=1S/C23H27N7O2/c1-15-18-13-26-23(27-20-7-6-17(12-25-20)29-10-8-24-9-11-29)28-21(18)30(16-4-2-3-5-16)22(32)19(15)14-31/h6-7,12-14,16,24H,2-5,8-11H2,1H3,(H,25,26,27,28). The molecule has 2 aliphatic rings. The number of fused-ring (bicyclic) bond motifs is 1. The second-order valence-electron chi connectivity index (χ2n) is 8.46. The Morgan fingerprint density at radius 2 is 1.91 bits per heavy atom. The molecule has 3 aromatic heterocycles. The van der Waals surface area contributed by atoms with Gasteiger partial charge in [0, 0.05) is 43.8 Å². The lowest BCUT2D eigenvalue weighted by Crippen LogP contribution is -2.43. The maximum Gasteiger partial charge on any atom is 0.263 e. The van der Waals surface area contributed by atoms with E-state index in [0.717, 1.165) is 62.9 Å². The van der Waals surface area contributed by atoms with E-state index in [0.29, 0.717) is 29.3 Å². The van der Waals surface area contributed by atoms with Gasteiger partial charge >= 0.3 is 0 Å². The molecular formula is C23H27N7O2. The van der Waals surface area contributed by atoms with Gasteiger partial charge in [-0.2, -0.15) is 4.98 Å². The second-order valence-corrected chi connectivity index (χ2v) is 8.46. The number of aldehydes is 1. The molecule has 2 N–H and O–H groups in total. The van der Waals surface area contributed by atoms with Crippen molar-refractivity contribution in [1.29, 1.82) is 0 Å². The zero-order valence-corrected chi connectivity index (χ0v) is 18.2. The van der Waals surface area contributed by atoms with Gasteiger partial charge < -0.3 is 15.5 Å². The first-order valence-corrected chi connectivity index (χ1v) is 11.2. The van der Waals surface area contributed by atoms with Crippen LogP contribution in [0.1, 0.15) is 47.6 Å². The maximum atomic E-state index is 13.1. The van der Waals surface area contributed by atoms with E-state index in [-0.39, 0.29) is 17.2 Å². The van der Waals surface area contributed by atoms with Crippen LogP contribution in [0.15, 0.2) is 29.3 Å². The zero-order chi connectivity index (χ0) is 22.1. The molecule has 5 rings (SSSR count). The molecule has 9 heteroatoms. The molecule has 1 aliphatic carbocycles. The summed E-state index contributed by atoms with van der Waals surface area (Å²) in [4.78, 5) is 40.7. The van der Waals surface area contributed by atoms with Gasteiger partial charge in [-0.1, -0.05) is 12.8 Å². The van der Waals surface area contributed by atoms with Gasteiger partial charge in [0.05, 0.1) is 17.4 Å². The molecule has 1 aliphatic heterocycles. The number of pyridine rings is 2. The lowest BCUT2D eigenvalue weighted by Gasteiger charge is -2.29. The summed E-state index contributed by atoms with van der Waals surface area (Å²) in [6.07, 6.45) is 8.16. The Morgan fingerprint density at radius 1 is 1.12 bits per heavy atom. The van der Waals surface area contributed by atoms with Crippen LogP contribution in [0.2, 0.25) is 0 Å². The normalized spacial score (nSPS) is 17.1. The predicted octanol–water partition coefficient (Wildman–Crippen LogP) is 2.58. The molecule has 2 fully saturated rings. The summed E-state index contributed by atoms with van der Waals surface area (Å²) in [6, 6.07) is 4.01. The van der Waals surface area contributed by atoms with Crippen LogP contribution < -0.4 is 21.1 Å². The molecule has 4 heterocycles. The summed E-state index contributed by atoms with van der Waals surface area (Å²) in [7, 11) is 0. The van der Waals surface area contributed by atoms with Crippen LogP contribution in [0.25, 0.3) is 11.0 Å². The molecule has 0 amide bonds. The first-order chi connectivity index (χ1) is 15.7. The summed E-state index contributed by atoms with van der Waals surface area (Å²) in [5.74, 6) is 1.02. The molecule has 1 saturated carbocycles. The van der Waals surface area contributed by atoms with E-state index in [1.807, 2.05) is 18.3 Å². The Hall–Kier alpha value is -3.33. The first-order valence-electron chi connectivity index (χ1n) is 11.2. The average molecular weight is 434 g/mol. The van der Waals surface area contributed by atoms with Gasteiger partial charge in [-0.05, 0) is 37.5 Å². The molecule has 166 valence electrons. The maximum absolute atomic E-state index is 13.1. The Labute approximate surface area is 185 Å². The van der Waals surface area contributed by atoms with Crippen molar-refractivity contribution in [2.75, 3.05) is 36.4 Å². The Bertz CT molecular complexity index is 1190. The number of rotatable bonds is 5. The summed E-state index contributed by atoms with van der Waals surface area (Å²) in [5, 5.41) is 7.24. The highest BCUT2D eigenvalue weighted by Gasteiger charge is 2.24. The fraction of sp³-hybridized carbons (Fsp3) is 0.435. The molecule has 0 atom stereocenters. The molecule has 3 aromatic rings. The molecule has 0 aromatic carbocycles. The van der Waals surface area contributed by atoms with E-state index in [2.05, 4.69) is 25.5 Å². The largest absolute Gasteiger partial charge is 0.368 e. The third-order valence-electron chi connectivity index (χ3n) is 6.53. The quantitative estimate of drug-likeness (QED) is 0.592. The van der Waals surface area contributed by atoms with Gasteiger partial charge in [0.25, 0.3) is 5.56 Å². The number of piperazine rings is 1. The molecule has 9 nitrogen and oxygen atoms in total. The SMILES string of the molecule is Cc1c(C=O)c(=O)n(C2CCCC2)c2nc(Nc3ccc(N4CCNCC4)cn3)ncc12. The van der Waals surface area contributed by atoms with Crippen molar-refractivity contribution >= 4 is 34.8 Å². The summed E-state index contributed by atoms with van der Waals surface area (Å²) < 4.78 is 1.70. The minimum Gasteiger partial charge on any atom is -0.368 e. The fourth-order valence-electron chi connectivity index (χ4n) is 4.74. The van der Waals surface area contributed by atoms with Crippen molar-refractivity contribution in [3.8, 4) is 0 Å². The van der Waals surface area contributed by atoms with Crippen molar-refractivity contribution < 1.29 is 4.79 Å². The Kier molecular flexibility index (Phi) is 5.57. The molecule has 0 unspecified atom stereocenters. The number of carbonyl (C=O) groups is 1. The van der Waals surface area contributed by atoms with E-state index >= 15 is 0 Å². The monoisotopic (exact) mass is 433 g/mol. The average Bonchev–Trinajstić information content (AvgIpc) is 3.35. The van der Waals surface area contributed by atoms with E-state index in [1.54, 1.807) is 17.7 Å². The lowest BCUT2D eigenvalue weighted by atomic mass is 10.1. The number of hydrogen-bond donors (Lipinski definition) is 2. The van der Waals surface area contributed by atoms with Crippen molar-refractivity contribution in [1.82, 2.24) is 24.8 Å². The zero-order valence-electron chi connectivity index (χ0n) is 18.2. The van der Waals surface area contributed by atoms with Crippen molar-refractivity contribution in [2.45, 2.75) is 38.6 Å². The fourth-order valence-corrected chi connectivity index (χ4v) is 4.74. The number of aromatic nitrogens is 4. The lowest BCUT2D eigenvalue weighted by molar-refractivity contribution is 0.112. The van der Waals surface area contributed by atoms with Crippen molar-refractivity contribution in [3.05, 3.63) is 46.0 Å². The molecule has 1 saturated heterocycles. The van der Waals surface area contributed by atoms with Crippen LogP contribution >= 0.6 is 0 Å². The van der Waals surface area contributed by atoms with E-state index in [1.165, 1.54) is 0 Å². The topological polar surface area (TPSA) is 105 Å². The summed E-state index contributed by atoms with van der Waals surface area (Å²) >= 11 is 0. The number of carbonyl (C=O) groups excluding carboxylic acids is 1. The first kappa shape index (κ1) is 20.6. The number of aryl methyl sites for hydroxylation is 1. The number of nitrogens with one attached hydrogen (secondary N) is 2. The van der Waals surface area contributed by atoms with E-state index < -0.39 is 0 Å². The van der Waals surface area contributed by atoms with Crippen LogP contribution in [0.3, 0.4) is 0 Å². The van der Waals surface area contributed by atoms with Crippen LogP contribution in [-0.2, 0) is 0 Å². The Balaban J connectivity index is 1.49. The van der Waals surface area contributed by atoms with Crippen molar-refractivity contribution in [3.63, 3.8) is 0 Å². The molecule has 0 bridgehead atoms. The van der Waals surface area contributed by atoms with Gasteiger partial charge in [0.15, 0.2) is 6.29 Å². The van der Waals surface area contributed by atoms with Crippen LogP contribution in [0, 0.1) is 6.92 Å². The van der Waals surface area contributed by atoms with Crippen LogP contribution in [-0.4, -0.2) is 52.0 Å². The number of nitrogens with zero attached hydrogens (tertiary/aromatic N) is 5. The molecule has 0 radical (unpaired) electrons. The van der Waals surface area contributed by atoms with Crippen LogP contribution in [0.4, 0.5) is 17.5 Å². The van der Waals surface area contributed by atoms with Gasteiger partial charge in [-0.3, -0.25) is 14.2 Å². The number of anilines is 3. The smallest absolute Gasteiger partial charge is 0.263 e. The number of hydrogen-bond acceptors (Lipinski definition) is 8. The van der Waals surface area contributed by atoms with Gasteiger partial charge in [0.2, 0.25) is 5.95 Å². The van der Waals surface area contributed by atoms with E-state index in [9.17, 15) is 9.59 Å². The Morgan fingerprint density at radius 3 is 2.59 bits per heavy atom. The summed E-state index contributed by atoms with van der Waals surface area (Å²) in [6.45, 7) is 5.64. The highest BCUT2D eigenvalue weighted by Crippen LogP contribution is 2.31. The highest BCUT2D eigenvalue weighted by atomic mass is 16.1. The predicted molar refractivity (Wildman–Crippen MR) is 124 cm³/mol. The second kappa shape index (κ2) is 8.66. The summed E-state index contributed by atoms with van der Waals surface area (Å²) in [5.41, 5.74) is 2.21. The highest BCUT2D eigenvalue weighted by molar-refractivity contribution is 5.88. The third kappa shape index (κ3) is 3.73.